The molecule has 0 aromatic heterocycles. The molecule has 0 aliphatic carbocycles. The zero-order valence-corrected chi connectivity index (χ0v) is 15.5. The van der Waals surface area contributed by atoms with Gasteiger partial charge in [-0.25, -0.2) is 19.2 Å². The summed E-state index contributed by atoms with van der Waals surface area (Å²) >= 11 is 0. The molecule has 0 aliphatic heterocycles. The lowest BCUT2D eigenvalue weighted by molar-refractivity contribution is -0.221. The lowest BCUT2D eigenvalue weighted by Gasteiger charge is -2.20. The maximum atomic E-state index is 11.2. The van der Waals surface area contributed by atoms with Crippen LogP contribution >= 0.6 is 0 Å². The number of esters is 2. The summed E-state index contributed by atoms with van der Waals surface area (Å²) in [5.74, 6) is -6.40. The smallest absolute Gasteiger partial charge is 0.428 e. The van der Waals surface area contributed by atoms with E-state index in [4.69, 9.17) is 9.47 Å². The summed E-state index contributed by atoms with van der Waals surface area (Å²) in [5.41, 5.74) is -1.39. The minimum atomic E-state index is -5.62. The molecule has 14 heteroatoms. The Morgan fingerprint density at radius 2 is 0.786 bits per heavy atom. The van der Waals surface area contributed by atoms with Crippen molar-refractivity contribution in [2.45, 2.75) is 65.1 Å². The Morgan fingerprint density at radius 3 is 0.964 bits per heavy atom. The largest absolute Gasteiger partial charge is 0.519 e. The van der Waals surface area contributed by atoms with Gasteiger partial charge in [0.15, 0.2) is 0 Å². The number of ether oxygens (including phenoxy) is 4. The van der Waals surface area contributed by atoms with Crippen LogP contribution < -0.4 is 0 Å². The van der Waals surface area contributed by atoms with Crippen molar-refractivity contribution in [3.63, 3.8) is 0 Å². The highest BCUT2D eigenvalue weighted by Crippen LogP contribution is 2.21. The topological polar surface area (TPSA) is 105 Å². The number of hydrogen-bond acceptors (Lipinski definition) is 8. The summed E-state index contributed by atoms with van der Waals surface area (Å²) < 4.78 is 83.5. The summed E-state index contributed by atoms with van der Waals surface area (Å²) in [7, 11) is 0. The number of carbonyl (C=O) groups excluding carboxylic acids is 4. The van der Waals surface area contributed by atoms with Gasteiger partial charge in [0.05, 0.1) is 0 Å². The van der Waals surface area contributed by atoms with Crippen LogP contribution in [-0.2, 0) is 28.5 Å². The van der Waals surface area contributed by atoms with Crippen LogP contribution in [0.15, 0.2) is 0 Å². The molecule has 0 rings (SSSR count). The maximum Gasteiger partial charge on any atom is 0.519 e. The molecule has 0 atom stereocenters. The van der Waals surface area contributed by atoms with Gasteiger partial charge in [-0.15, -0.1) is 0 Å². The van der Waals surface area contributed by atoms with Crippen molar-refractivity contribution < 1.29 is 64.5 Å². The molecule has 164 valence electrons. The second kappa shape index (κ2) is 9.59. The first-order valence-electron chi connectivity index (χ1n) is 7.08. The number of carbonyl (C=O) groups is 4. The van der Waals surface area contributed by atoms with E-state index in [1.807, 2.05) is 0 Å². The third-order valence-corrected chi connectivity index (χ3v) is 1.59. The molecular formula is C14H18F6O8. The summed E-state index contributed by atoms with van der Waals surface area (Å²) in [4.78, 5) is 41.3. The van der Waals surface area contributed by atoms with Crippen LogP contribution in [0.25, 0.3) is 0 Å². The van der Waals surface area contributed by atoms with Gasteiger partial charge in [0.1, 0.15) is 11.2 Å². The molecule has 0 N–H and O–H groups in total. The predicted molar refractivity (Wildman–Crippen MR) is 76.8 cm³/mol. The van der Waals surface area contributed by atoms with Crippen LogP contribution in [0.2, 0.25) is 0 Å². The lowest BCUT2D eigenvalue weighted by atomic mass is 10.2. The van der Waals surface area contributed by atoms with Crippen LogP contribution in [0, 0.1) is 0 Å². The molecule has 0 aliphatic rings. The van der Waals surface area contributed by atoms with E-state index in [0.717, 1.165) is 0 Å². The van der Waals surface area contributed by atoms with Gasteiger partial charge in [0.25, 0.3) is 0 Å². The van der Waals surface area contributed by atoms with Crippen molar-refractivity contribution >= 4 is 24.2 Å². The zero-order valence-electron chi connectivity index (χ0n) is 15.5. The third-order valence-electron chi connectivity index (χ3n) is 1.59. The Kier molecular flexibility index (Phi) is 9.48. The van der Waals surface area contributed by atoms with Crippen molar-refractivity contribution in [3.8, 4) is 0 Å². The van der Waals surface area contributed by atoms with Crippen molar-refractivity contribution in [3.05, 3.63) is 0 Å². The average Bonchev–Trinajstić information content (AvgIpc) is 2.31. The summed E-state index contributed by atoms with van der Waals surface area (Å²) in [5, 5.41) is 0. The van der Waals surface area contributed by atoms with Crippen molar-refractivity contribution in [1.82, 2.24) is 0 Å². The minimum Gasteiger partial charge on any atom is -0.428 e. The first-order valence-corrected chi connectivity index (χ1v) is 7.08. The van der Waals surface area contributed by atoms with Crippen LogP contribution in [0.5, 0.6) is 0 Å². The van der Waals surface area contributed by atoms with Crippen LogP contribution in [0.1, 0.15) is 41.5 Å². The fourth-order valence-electron chi connectivity index (χ4n) is 0.810. The van der Waals surface area contributed by atoms with Gasteiger partial charge in [-0.05, 0) is 41.5 Å². The highest BCUT2D eigenvalue weighted by molar-refractivity contribution is 5.90. The first-order chi connectivity index (χ1) is 12.0. The van der Waals surface area contributed by atoms with Gasteiger partial charge >= 0.3 is 36.6 Å². The maximum absolute atomic E-state index is 11.2. The van der Waals surface area contributed by atoms with Crippen molar-refractivity contribution in [2.24, 2.45) is 0 Å². The molecule has 28 heavy (non-hydrogen) atoms. The molecule has 0 unspecified atom stereocenters. The number of alkyl halides is 6. The monoisotopic (exact) mass is 428 g/mol. The predicted octanol–water partition coefficient (Wildman–Crippen LogP) is 4.05. The Morgan fingerprint density at radius 1 is 0.536 bits per heavy atom. The third kappa shape index (κ3) is 15.7. The fourth-order valence-corrected chi connectivity index (χ4v) is 0.810. The molecular weight excluding hydrogens is 410 g/mol. The fraction of sp³-hybridized carbons (Fsp3) is 0.714. The van der Waals surface area contributed by atoms with E-state index in [0.29, 0.717) is 0 Å². The molecule has 0 fully saturated rings. The summed E-state index contributed by atoms with van der Waals surface area (Å²) in [6.45, 7) is 10.0. The Bertz CT molecular complexity index is 531. The zero-order chi connectivity index (χ0) is 23.1. The Labute approximate surface area is 155 Å². The highest BCUT2D eigenvalue weighted by atomic mass is 19.4. The van der Waals surface area contributed by atoms with E-state index < -0.39 is 47.8 Å². The van der Waals surface area contributed by atoms with Crippen molar-refractivity contribution in [1.29, 1.82) is 0 Å². The van der Waals surface area contributed by atoms with E-state index in [1.165, 1.54) is 0 Å². The molecule has 0 saturated carbocycles. The molecule has 0 amide bonds. The van der Waals surface area contributed by atoms with Crippen LogP contribution in [-0.4, -0.2) is 47.8 Å². The number of halogens is 6. The Balaban J connectivity index is 0. The lowest BCUT2D eigenvalue weighted by Crippen LogP contribution is -2.34. The second-order valence-corrected chi connectivity index (χ2v) is 6.70. The van der Waals surface area contributed by atoms with Crippen LogP contribution in [0.4, 0.5) is 35.9 Å². The second-order valence-electron chi connectivity index (χ2n) is 6.70. The average molecular weight is 428 g/mol. The van der Waals surface area contributed by atoms with E-state index in [2.05, 4.69) is 9.47 Å². The summed E-state index contributed by atoms with van der Waals surface area (Å²) in [6, 6.07) is 0. The standard InChI is InChI=1S/C10H18O5.C4F6O3/c1-9(2,3)14-7(11)13-8(12)15-10(4,5)6;5-3(6,7)1(11)13-2(12)4(8,9)10/h1-6H3;. The van der Waals surface area contributed by atoms with Gasteiger partial charge in [-0.2, -0.15) is 26.3 Å². The van der Waals surface area contributed by atoms with Gasteiger partial charge in [-0.3, -0.25) is 0 Å². The molecule has 0 radical (unpaired) electrons. The highest BCUT2D eigenvalue weighted by Gasteiger charge is 2.49. The van der Waals surface area contributed by atoms with Crippen molar-refractivity contribution in [2.75, 3.05) is 0 Å². The molecule has 0 aromatic rings. The number of hydrogen-bond donors (Lipinski definition) is 0. The van der Waals surface area contributed by atoms with Gasteiger partial charge < -0.3 is 18.9 Å². The molecule has 0 heterocycles. The molecule has 8 nitrogen and oxygen atoms in total. The SMILES string of the molecule is CC(C)(C)OC(=O)OC(=O)OC(C)(C)C.O=C(OC(=O)C(F)(F)F)C(F)(F)F. The normalized spacial score (nSPS) is 12.1. The van der Waals surface area contributed by atoms with Gasteiger partial charge in [-0.1, -0.05) is 0 Å². The molecule has 0 bridgehead atoms. The van der Waals surface area contributed by atoms with E-state index in [1.54, 1.807) is 41.5 Å². The molecule has 0 saturated heterocycles. The molecule has 0 aromatic carbocycles. The number of rotatable bonds is 0. The summed E-state index contributed by atoms with van der Waals surface area (Å²) in [6.07, 6.45) is -13.4. The van der Waals surface area contributed by atoms with E-state index in [9.17, 15) is 45.5 Å². The van der Waals surface area contributed by atoms with E-state index in [-0.39, 0.29) is 0 Å². The first kappa shape index (κ1) is 27.7. The molecule has 0 spiro atoms. The van der Waals surface area contributed by atoms with Gasteiger partial charge in [0.2, 0.25) is 0 Å². The van der Waals surface area contributed by atoms with Gasteiger partial charge in [0, 0.05) is 0 Å². The minimum absolute atomic E-state index is 0.695. The van der Waals surface area contributed by atoms with E-state index >= 15 is 0 Å². The van der Waals surface area contributed by atoms with Crippen LogP contribution in [0.3, 0.4) is 0 Å². The quantitative estimate of drug-likeness (QED) is 0.246. The Hall–Kier alpha value is -2.54.